The number of likely N-dealkylation sites (tertiary alicyclic amines) is 2. The zero-order chi connectivity index (χ0) is 51.0. The molecule has 5 atom stereocenters. The van der Waals surface area contributed by atoms with Crippen molar-refractivity contribution < 1.29 is 29.1 Å². The van der Waals surface area contributed by atoms with Crippen LogP contribution in [0.4, 0.5) is 17.5 Å². The van der Waals surface area contributed by atoms with Crippen LogP contribution in [-0.2, 0) is 16.1 Å². The molecule has 11 rings (SSSR count). The topological polar surface area (TPSA) is 225 Å². The van der Waals surface area contributed by atoms with Crippen LogP contribution in [0.3, 0.4) is 0 Å². The maximum atomic E-state index is 14.3. The number of nitrogens with one attached hydrogen (secondary N) is 1. The number of fused-ring (bicyclic) bond motifs is 2. The summed E-state index contributed by atoms with van der Waals surface area (Å²) in [4.78, 5) is 52.1. The van der Waals surface area contributed by atoms with Crippen molar-refractivity contribution in [3.05, 3.63) is 101 Å². The maximum absolute atomic E-state index is 14.3. The number of aromatic nitrogens is 6. The van der Waals surface area contributed by atoms with Gasteiger partial charge >= 0.3 is 0 Å². The fourth-order valence-corrected chi connectivity index (χ4v) is 13.0. The predicted molar refractivity (Wildman–Crippen MR) is 282 cm³/mol. The van der Waals surface area contributed by atoms with Gasteiger partial charge < -0.3 is 50.1 Å². The Hall–Kier alpha value is -6.70. The Morgan fingerprint density at radius 1 is 0.892 bits per heavy atom. The summed E-state index contributed by atoms with van der Waals surface area (Å²) in [5, 5.41) is 37.0. The van der Waals surface area contributed by atoms with E-state index in [0.29, 0.717) is 47.2 Å². The number of para-hydroxylation sites is 1. The van der Waals surface area contributed by atoms with Gasteiger partial charge in [0.05, 0.1) is 33.6 Å². The van der Waals surface area contributed by atoms with E-state index in [0.717, 1.165) is 111 Å². The van der Waals surface area contributed by atoms with E-state index >= 15 is 0 Å². The molecule has 2 amide bonds. The van der Waals surface area contributed by atoms with Gasteiger partial charge in [-0.25, -0.2) is 15.0 Å². The van der Waals surface area contributed by atoms with E-state index < -0.39 is 18.1 Å². The van der Waals surface area contributed by atoms with Gasteiger partial charge in [0.1, 0.15) is 23.8 Å². The number of β-amino-alcohol motifs (C(OH)–C–C–N with tert-alkyl or cyclic N) is 1. The molecule has 2 aromatic carbocycles. The van der Waals surface area contributed by atoms with E-state index in [4.69, 9.17) is 25.0 Å². The van der Waals surface area contributed by atoms with Crippen LogP contribution in [0.5, 0.6) is 11.6 Å². The van der Waals surface area contributed by atoms with Crippen LogP contribution in [0.25, 0.3) is 21.7 Å². The lowest BCUT2D eigenvalue weighted by Gasteiger charge is -2.42. The van der Waals surface area contributed by atoms with Gasteiger partial charge in [0.25, 0.3) is 5.88 Å². The third-order valence-corrected chi connectivity index (χ3v) is 17.2. The molecule has 388 valence electrons. The first-order valence-corrected chi connectivity index (χ1v) is 27.2. The number of amides is 2. The Morgan fingerprint density at radius 2 is 1.61 bits per heavy atom. The fourth-order valence-electron chi connectivity index (χ4n) is 12.2. The molecule has 5 N–H and O–H groups in total. The number of rotatable bonds is 14. The number of nitrogens with two attached hydrogens (primary N) is 1. The van der Waals surface area contributed by atoms with Gasteiger partial charge in [0, 0.05) is 74.7 Å². The van der Waals surface area contributed by atoms with E-state index in [1.165, 1.54) is 10.5 Å². The molecule has 1 aliphatic carbocycles. The predicted octanol–water partition coefficient (Wildman–Crippen LogP) is 7.09. The molecule has 8 heterocycles. The molecule has 4 aromatic heterocycles. The van der Waals surface area contributed by atoms with Crippen molar-refractivity contribution in [1.82, 2.24) is 45.4 Å². The van der Waals surface area contributed by atoms with Crippen LogP contribution in [0, 0.1) is 12.8 Å². The Bertz CT molecular complexity index is 2900. The molecule has 18 nitrogen and oxygen atoms in total. The van der Waals surface area contributed by atoms with Gasteiger partial charge in [-0.3, -0.25) is 9.59 Å². The molecule has 0 radical (unpaired) electrons. The largest absolute Gasteiger partial charge is 0.507 e. The lowest BCUT2D eigenvalue weighted by Crippen LogP contribution is -2.54. The standard InChI is InChI=1S/C55H66N12O6S/c1-32(2)50(54(71)66-30-41(68)22-46(66)53(70)57-25-34-8-10-36(11-9-34)51-33(3)60-31-74-51)48-24-49(63-73-48)72-42-16-14-38(15-17-42)64-20-18-35(19-21-64)37-26-58-55(59-27-37)67-39-12-13-40(67)29-65(28-39)45-23-44(61-62-52(45)56)43-6-4-5-7-47(43)69/h4-11,23-24,26-27,31-32,35,38-42,46,50,68-69H,12-22,25,28-30H2,1-3H3,(H2,56,62)(H,57,70)/t38?,39-,40?,41-,42?,46+,50?/m1/s1. The number of aliphatic hydroxyl groups excluding tert-OH is 1. The number of anilines is 3. The lowest BCUT2D eigenvalue weighted by molar-refractivity contribution is -0.141. The number of phenols is 1. The molecule has 2 unspecified atom stereocenters. The molecule has 5 aliphatic rings. The number of phenolic OH excluding ortho intramolecular Hbond substituents is 1. The number of aryl methyl sites for hydroxylation is 1. The first-order chi connectivity index (χ1) is 35.9. The number of piperazine rings is 1. The molecule has 4 aliphatic heterocycles. The van der Waals surface area contributed by atoms with Crippen LogP contribution < -0.4 is 25.6 Å². The number of aromatic hydroxyl groups is 1. The van der Waals surface area contributed by atoms with Gasteiger partial charge in [0.15, 0.2) is 11.6 Å². The monoisotopic (exact) mass is 1020 g/mol. The van der Waals surface area contributed by atoms with Gasteiger partial charge in [-0.15, -0.1) is 21.5 Å². The molecule has 0 spiro atoms. The summed E-state index contributed by atoms with van der Waals surface area (Å²) < 4.78 is 12.2. The highest BCUT2D eigenvalue weighted by molar-refractivity contribution is 7.13. The summed E-state index contributed by atoms with van der Waals surface area (Å²) in [6.07, 6.45) is 11.5. The number of aliphatic hydroxyl groups is 1. The normalized spacial score (nSPS) is 23.9. The van der Waals surface area contributed by atoms with E-state index in [1.54, 1.807) is 29.5 Å². The number of carbonyl (C=O) groups is 2. The smallest absolute Gasteiger partial charge is 0.254 e. The van der Waals surface area contributed by atoms with Crippen molar-refractivity contribution in [3.8, 4) is 33.3 Å². The second-order valence-corrected chi connectivity index (χ2v) is 22.1. The number of thiazole rings is 1. The van der Waals surface area contributed by atoms with Gasteiger partial charge in [-0.2, -0.15) is 0 Å². The average molecular weight is 1020 g/mol. The van der Waals surface area contributed by atoms with Gasteiger partial charge in [0.2, 0.25) is 17.8 Å². The number of nitrogen functional groups attached to an aromatic ring is 1. The molecule has 6 aromatic rings. The van der Waals surface area contributed by atoms with Crippen molar-refractivity contribution in [2.24, 2.45) is 5.92 Å². The summed E-state index contributed by atoms with van der Waals surface area (Å²) in [5.41, 5.74) is 14.5. The lowest BCUT2D eigenvalue weighted by atomic mass is 9.87. The molecule has 19 heteroatoms. The van der Waals surface area contributed by atoms with E-state index in [2.05, 4.69) is 52.7 Å². The minimum atomic E-state index is -0.810. The highest BCUT2D eigenvalue weighted by Gasteiger charge is 2.44. The van der Waals surface area contributed by atoms with Crippen LogP contribution in [0.2, 0.25) is 0 Å². The molecule has 1 saturated carbocycles. The SMILES string of the molecule is Cc1ncsc1-c1ccc(CNC(=O)[C@@H]2C[C@@H](O)CN2C(=O)C(c2cc(OC3CCC(N4CCC(c5cnc(N6C7CC[C@@H]6CN(c6cc(-c8ccccc8O)nnc6N)C7)nc5)CC4)CC3)no2)C(C)C)cc1. The number of benzene rings is 2. The summed E-state index contributed by atoms with van der Waals surface area (Å²) in [6, 6.07) is 19.0. The summed E-state index contributed by atoms with van der Waals surface area (Å²) in [7, 11) is 0. The number of carbonyl (C=O) groups excluding carboxylic acids is 2. The molecule has 4 saturated heterocycles. The van der Waals surface area contributed by atoms with Crippen molar-refractivity contribution in [1.29, 1.82) is 0 Å². The van der Waals surface area contributed by atoms with E-state index in [9.17, 15) is 19.8 Å². The Morgan fingerprint density at radius 3 is 2.30 bits per heavy atom. The summed E-state index contributed by atoms with van der Waals surface area (Å²) in [5.74, 6) is 1.08. The summed E-state index contributed by atoms with van der Waals surface area (Å²) in [6.45, 7) is 9.86. The zero-order valence-corrected chi connectivity index (χ0v) is 43.1. The fraction of sp³-hybridized carbons (Fsp3) is 0.491. The minimum Gasteiger partial charge on any atom is -0.507 e. The second kappa shape index (κ2) is 21.3. The quantitative estimate of drug-likeness (QED) is 0.0855. The first kappa shape index (κ1) is 49.5. The number of hydrogen-bond acceptors (Lipinski definition) is 17. The Balaban J connectivity index is 0.636. The van der Waals surface area contributed by atoms with Crippen molar-refractivity contribution in [2.45, 2.75) is 133 Å². The number of piperidine rings is 1. The molecule has 74 heavy (non-hydrogen) atoms. The number of nitrogens with zero attached hydrogens (tertiary/aromatic N) is 10. The first-order valence-electron chi connectivity index (χ1n) is 26.3. The number of hydrogen-bond donors (Lipinski definition) is 4. The van der Waals surface area contributed by atoms with Crippen molar-refractivity contribution in [2.75, 3.05) is 48.3 Å². The van der Waals surface area contributed by atoms with Gasteiger partial charge in [-0.1, -0.05) is 50.2 Å². The second-order valence-electron chi connectivity index (χ2n) is 21.3. The summed E-state index contributed by atoms with van der Waals surface area (Å²) >= 11 is 1.59. The van der Waals surface area contributed by atoms with Crippen molar-refractivity contribution in [3.63, 3.8) is 0 Å². The molecular weight excluding hydrogens is 957 g/mol. The van der Waals surface area contributed by atoms with Gasteiger partial charge in [-0.05, 0) is 123 Å². The molecular formula is C55H66N12O6S. The van der Waals surface area contributed by atoms with Crippen molar-refractivity contribution >= 4 is 40.6 Å². The van der Waals surface area contributed by atoms with Crippen LogP contribution in [-0.4, -0.2) is 131 Å². The Labute approximate surface area is 435 Å². The van der Waals surface area contributed by atoms with E-state index in [-0.39, 0.29) is 54.6 Å². The molecule has 5 fully saturated rings. The minimum absolute atomic E-state index is 0.00711. The van der Waals surface area contributed by atoms with Crippen LogP contribution >= 0.6 is 11.3 Å². The third kappa shape index (κ3) is 10.2. The zero-order valence-electron chi connectivity index (χ0n) is 42.3. The highest BCUT2D eigenvalue weighted by atomic mass is 32.1. The van der Waals surface area contributed by atoms with Crippen LogP contribution in [0.1, 0.15) is 106 Å². The highest BCUT2D eigenvalue weighted by Crippen LogP contribution is 2.40. The molecule has 2 bridgehead atoms. The third-order valence-electron chi connectivity index (χ3n) is 16.2. The van der Waals surface area contributed by atoms with E-state index in [1.807, 2.05) is 68.7 Å². The van der Waals surface area contributed by atoms with Crippen LogP contribution in [0.15, 0.2) is 83.1 Å². The number of ether oxygens (including phenoxy) is 1. The maximum Gasteiger partial charge on any atom is 0.254 e. The average Bonchev–Trinajstić information content (AvgIpc) is 4.22. The Kier molecular flexibility index (Phi) is 14.2.